The first kappa shape index (κ1) is 27.5. The molecule has 4 rings (SSSR count). The quantitative estimate of drug-likeness (QED) is 0.124. The Morgan fingerprint density at radius 2 is 1.73 bits per heavy atom. The Bertz CT molecular complexity index is 1270. The Balaban J connectivity index is 1.39. The number of benzene rings is 3. The summed E-state index contributed by atoms with van der Waals surface area (Å²) in [5, 5.41) is 0.278. The van der Waals surface area contributed by atoms with Gasteiger partial charge in [-0.05, 0) is 66.0 Å². The fourth-order valence-corrected chi connectivity index (χ4v) is 5.58. The summed E-state index contributed by atoms with van der Waals surface area (Å²) >= 11 is 1.80. The molecule has 0 aromatic heterocycles. The summed E-state index contributed by atoms with van der Waals surface area (Å²) < 4.78 is 72.2. The number of halogens is 5. The minimum atomic E-state index is -4.83. The Kier molecular flexibility index (Phi) is 9.15. The smallest absolute Gasteiger partial charge is 0.378 e. The maximum atomic E-state index is 14.7. The van der Waals surface area contributed by atoms with Crippen molar-refractivity contribution in [1.82, 2.24) is 0 Å². The van der Waals surface area contributed by atoms with E-state index in [0.717, 1.165) is 53.2 Å². The van der Waals surface area contributed by atoms with E-state index in [1.54, 1.807) is 29.8 Å². The van der Waals surface area contributed by atoms with E-state index in [1.165, 1.54) is 31.7 Å². The fraction of sp³-hybridized carbons (Fsp3) is 0.400. The third-order valence-electron chi connectivity index (χ3n) is 6.63. The van der Waals surface area contributed by atoms with E-state index in [4.69, 9.17) is 4.74 Å². The van der Waals surface area contributed by atoms with Crippen molar-refractivity contribution in [2.75, 3.05) is 12.4 Å². The van der Waals surface area contributed by atoms with Gasteiger partial charge in [0, 0.05) is 22.0 Å². The van der Waals surface area contributed by atoms with Crippen LogP contribution in [0.1, 0.15) is 51.0 Å². The maximum Gasteiger partial charge on any atom is 0.458 e. The van der Waals surface area contributed by atoms with Gasteiger partial charge >= 0.3 is 6.18 Å². The molecule has 37 heavy (non-hydrogen) atoms. The molecule has 0 amide bonds. The monoisotopic (exact) mass is 532 g/mol. The minimum Gasteiger partial charge on any atom is -0.378 e. The topological polar surface area (TPSA) is 9.23 Å². The predicted octanol–water partition coefficient (Wildman–Crippen LogP) is 9.17. The van der Waals surface area contributed by atoms with E-state index < -0.39 is 23.4 Å². The van der Waals surface area contributed by atoms with E-state index in [-0.39, 0.29) is 10.8 Å². The highest BCUT2D eigenvalue weighted by Gasteiger charge is 2.24. The van der Waals surface area contributed by atoms with Gasteiger partial charge in [0.25, 0.3) is 0 Å². The molecule has 0 spiro atoms. The van der Waals surface area contributed by atoms with Gasteiger partial charge in [0.15, 0.2) is 0 Å². The van der Waals surface area contributed by atoms with Gasteiger partial charge in [0.05, 0.1) is 18.3 Å². The van der Waals surface area contributed by atoms with Gasteiger partial charge in [-0.2, -0.15) is 13.2 Å². The number of alkyl halides is 3. The molecule has 3 aromatic rings. The second-order valence-corrected chi connectivity index (χ2v) is 10.6. The van der Waals surface area contributed by atoms with Crippen LogP contribution >= 0.6 is 11.8 Å². The molecule has 1 aliphatic rings. The first-order valence-electron chi connectivity index (χ1n) is 12.6. The van der Waals surface area contributed by atoms with Gasteiger partial charge < -0.3 is 4.74 Å². The molecule has 0 radical (unpaired) electrons. The summed E-state index contributed by atoms with van der Waals surface area (Å²) in [6.07, 6.45) is 2.81. The number of fused-ring (bicyclic) bond motifs is 1. The summed E-state index contributed by atoms with van der Waals surface area (Å²) in [6.45, 7) is 3.03. The third-order valence-corrected chi connectivity index (χ3v) is 7.87. The molecule has 1 nitrogen and oxygen atoms in total. The molecule has 7 heteroatoms. The molecule has 2 atom stereocenters. The van der Waals surface area contributed by atoms with Crippen LogP contribution in [-0.2, 0) is 4.74 Å². The van der Waals surface area contributed by atoms with E-state index in [9.17, 15) is 22.0 Å². The van der Waals surface area contributed by atoms with Gasteiger partial charge in [-0.1, -0.05) is 56.4 Å². The number of rotatable bonds is 8. The van der Waals surface area contributed by atoms with Crippen LogP contribution in [0.5, 0.6) is 0 Å². The van der Waals surface area contributed by atoms with Crippen molar-refractivity contribution in [1.29, 1.82) is 0 Å². The van der Waals surface area contributed by atoms with Crippen LogP contribution < -0.4 is 0 Å². The number of unbranched alkanes of at least 4 members (excludes halogenated alkanes) is 2. The van der Waals surface area contributed by atoms with Gasteiger partial charge in [-0.25, -0.2) is 8.78 Å². The molecule has 1 heterocycles. The van der Waals surface area contributed by atoms with E-state index in [2.05, 4.69) is 6.92 Å². The van der Waals surface area contributed by atoms with Crippen molar-refractivity contribution in [2.45, 2.75) is 62.6 Å². The highest BCUT2D eigenvalue weighted by Crippen LogP contribution is 2.32. The Morgan fingerprint density at radius 1 is 0.973 bits per heavy atom. The SMILES string of the molecule is CCCCCC1CCC(CSc2ccc(-c3ccc4c(F)c(C#CC(F)(F)F)c(F)cc4c3)cc2)CO1. The van der Waals surface area contributed by atoms with Crippen LogP contribution in [0.2, 0.25) is 0 Å². The van der Waals surface area contributed by atoms with Gasteiger partial charge in [-0.3, -0.25) is 0 Å². The highest BCUT2D eigenvalue weighted by molar-refractivity contribution is 7.99. The lowest BCUT2D eigenvalue weighted by molar-refractivity contribution is -0.0696. The van der Waals surface area contributed by atoms with Gasteiger partial charge in [0.1, 0.15) is 11.6 Å². The molecule has 2 unspecified atom stereocenters. The van der Waals surface area contributed by atoms with Gasteiger partial charge in [-0.15, -0.1) is 11.8 Å². The van der Waals surface area contributed by atoms with Crippen LogP contribution in [0.4, 0.5) is 22.0 Å². The average molecular weight is 533 g/mol. The van der Waals surface area contributed by atoms with Crippen LogP contribution in [0.25, 0.3) is 21.9 Å². The molecule has 0 aliphatic carbocycles. The molecule has 0 N–H and O–H groups in total. The molecule has 1 fully saturated rings. The van der Waals surface area contributed by atoms with Crippen LogP contribution in [0.3, 0.4) is 0 Å². The lowest BCUT2D eigenvalue weighted by atomic mass is 9.97. The van der Waals surface area contributed by atoms with Gasteiger partial charge in [0.2, 0.25) is 0 Å². The first-order chi connectivity index (χ1) is 17.7. The normalized spacial score (nSPS) is 18.0. The molecule has 0 bridgehead atoms. The number of hydrogen-bond acceptors (Lipinski definition) is 2. The maximum absolute atomic E-state index is 14.7. The number of hydrogen-bond donors (Lipinski definition) is 0. The zero-order valence-electron chi connectivity index (χ0n) is 20.6. The second-order valence-electron chi connectivity index (χ2n) is 9.46. The number of ether oxygens (including phenoxy) is 1. The summed E-state index contributed by atoms with van der Waals surface area (Å²) in [4.78, 5) is 1.14. The van der Waals surface area contributed by atoms with Crippen molar-refractivity contribution in [3.63, 3.8) is 0 Å². The molecule has 0 saturated carbocycles. The fourth-order valence-electron chi connectivity index (χ4n) is 4.56. The lowest BCUT2D eigenvalue weighted by Crippen LogP contribution is -2.27. The zero-order chi connectivity index (χ0) is 26.4. The average Bonchev–Trinajstić information content (AvgIpc) is 2.87. The van der Waals surface area contributed by atoms with Crippen molar-refractivity contribution in [2.24, 2.45) is 5.92 Å². The zero-order valence-corrected chi connectivity index (χ0v) is 21.5. The second kappa shape index (κ2) is 12.3. The van der Waals surface area contributed by atoms with Crippen LogP contribution in [0, 0.1) is 29.4 Å². The molecule has 1 saturated heterocycles. The van der Waals surface area contributed by atoms with Crippen LogP contribution in [-0.4, -0.2) is 24.6 Å². The Labute approximate surface area is 218 Å². The molecule has 196 valence electrons. The minimum absolute atomic E-state index is 0.0195. The molecule has 3 aromatic carbocycles. The molecular formula is C30H29F5OS. The highest BCUT2D eigenvalue weighted by atomic mass is 32.2. The van der Waals surface area contributed by atoms with Crippen molar-refractivity contribution in [3.05, 3.63) is 65.7 Å². The van der Waals surface area contributed by atoms with Crippen molar-refractivity contribution < 1.29 is 26.7 Å². The van der Waals surface area contributed by atoms with Crippen molar-refractivity contribution >= 4 is 22.5 Å². The first-order valence-corrected chi connectivity index (χ1v) is 13.6. The number of thioether (sulfide) groups is 1. The Morgan fingerprint density at radius 3 is 2.41 bits per heavy atom. The third kappa shape index (κ3) is 7.49. The van der Waals surface area contributed by atoms with Crippen LogP contribution in [0.15, 0.2) is 53.4 Å². The predicted molar refractivity (Wildman–Crippen MR) is 140 cm³/mol. The summed E-state index contributed by atoms with van der Waals surface area (Å²) in [5.74, 6) is 1.83. The Hall–Kier alpha value is -2.56. The van der Waals surface area contributed by atoms with E-state index in [0.29, 0.717) is 12.0 Å². The van der Waals surface area contributed by atoms with E-state index in [1.807, 2.05) is 24.3 Å². The largest absolute Gasteiger partial charge is 0.458 e. The van der Waals surface area contributed by atoms with Crippen molar-refractivity contribution in [3.8, 4) is 23.0 Å². The summed E-state index contributed by atoms with van der Waals surface area (Å²) in [6, 6.07) is 13.7. The standard InChI is InChI=1S/C30H29F5OS/c1-2-3-4-5-24-10-6-20(18-36-24)19-37-25-11-7-21(8-12-25)22-9-13-26-23(16-22)17-28(31)27(29(26)32)14-15-30(33,34)35/h7-9,11-13,16-17,20,24H,2-6,10,18-19H2,1H3. The van der Waals surface area contributed by atoms with E-state index >= 15 is 0 Å². The lowest BCUT2D eigenvalue weighted by Gasteiger charge is -2.29. The summed E-state index contributed by atoms with van der Waals surface area (Å²) in [5.41, 5.74) is 0.755. The molecular weight excluding hydrogens is 503 g/mol. The summed E-state index contributed by atoms with van der Waals surface area (Å²) in [7, 11) is 0. The molecule has 1 aliphatic heterocycles.